The lowest BCUT2D eigenvalue weighted by atomic mass is 9.82. The van der Waals surface area contributed by atoms with Crippen molar-refractivity contribution < 1.29 is 15.0 Å². The summed E-state index contributed by atoms with van der Waals surface area (Å²) < 4.78 is 0. The van der Waals surface area contributed by atoms with Gasteiger partial charge in [0.1, 0.15) is 5.75 Å². The van der Waals surface area contributed by atoms with Crippen molar-refractivity contribution in [2.45, 2.75) is 52.0 Å². The number of carboxylic acids is 1. The number of carbonyl (C=O) groups is 1. The number of aliphatic carboxylic acids is 1. The summed E-state index contributed by atoms with van der Waals surface area (Å²) in [5.74, 6) is -0.840. The van der Waals surface area contributed by atoms with E-state index in [-0.39, 0.29) is 17.4 Å². The van der Waals surface area contributed by atoms with E-state index in [0.29, 0.717) is 18.7 Å². The number of carboxylic acid groups (broad SMARTS) is 1. The Hall–Kier alpha value is -1.55. The average Bonchev–Trinajstić information content (AvgIpc) is 2.87. The smallest absolute Gasteiger partial charge is 0.307 e. The predicted octanol–water partition coefficient (Wildman–Crippen LogP) is 2.99. The van der Waals surface area contributed by atoms with Gasteiger partial charge in [-0.25, -0.2) is 0 Å². The molecule has 0 aliphatic carbocycles. The zero-order valence-corrected chi connectivity index (χ0v) is 13.2. The van der Waals surface area contributed by atoms with Crippen molar-refractivity contribution in [2.24, 2.45) is 5.92 Å². The fraction of sp³-hybridized carbons (Fsp3) is 0.588. The first-order valence-electron chi connectivity index (χ1n) is 7.56. The Morgan fingerprint density at radius 3 is 2.52 bits per heavy atom. The summed E-state index contributed by atoms with van der Waals surface area (Å²) in [7, 11) is 0. The van der Waals surface area contributed by atoms with Crippen LogP contribution in [0.3, 0.4) is 0 Å². The monoisotopic (exact) mass is 291 g/mol. The van der Waals surface area contributed by atoms with Gasteiger partial charge in [0.05, 0.1) is 5.92 Å². The number of hydrogen-bond acceptors (Lipinski definition) is 3. The molecule has 0 radical (unpaired) electrons. The molecule has 21 heavy (non-hydrogen) atoms. The maximum absolute atomic E-state index is 11.1. The lowest BCUT2D eigenvalue weighted by molar-refractivity contribution is -0.141. The van der Waals surface area contributed by atoms with Crippen LogP contribution in [0, 0.1) is 5.92 Å². The van der Waals surface area contributed by atoms with Gasteiger partial charge in [-0.15, -0.1) is 0 Å². The standard InChI is InChI=1S/C17H25NO3/c1-5-10-6-12(14-8-11(9-18-14)16(20)21)15(19)13(7-10)17(2,3)4/h6-7,11,14,18-19H,5,8-9H2,1-4H3,(H,20,21). The highest BCUT2D eigenvalue weighted by Crippen LogP contribution is 2.40. The van der Waals surface area contributed by atoms with E-state index < -0.39 is 5.97 Å². The summed E-state index contributed by atoms with van der Waals surface area (Å²) in [5, 5.41) is 23.0. The molecule has 1 aliphatic heterocycles. The van der Waals surface area contributed by atoms with Crippen LogP contribution in [0.1, 0.15) is 56.8 Å². The summed E-state index contributed by atoms with van der Waals surface area (Å²) >= 11 is 0. The fourth-order valence-electron chi connectivity index (χ4n) is 2.92. The van der Waals surface area contributed by atoms with Crippen LogP contribution in [0.15, 0.2) is 12.1 Å². The Morgan fingerprint density at radius 1 is 1.38 bits per heavy atom. The van der Waals surface area contributed by atoms with Crippen molar-refractivity contribution in [3.8, 4) is 5.75 Å². The van der Waals surface area contributed by atoms with E-state index in [0.717, 1.165) is 17.5 Å². The second-order valence-corrected chi connectivity index (χ2v) is 6.92. The Bertz CT molecular complexity index is 546. The second kappa shape index (κ2) is 5.68. The number of nitrogens with one attached hydrogen (secondary N) is 1. The van der Waals surface area contributed by atoms with Gasteiger partial charge >= 0.3 is 5.97 Å². The van der Waals surface area contributed by atoms with E-state index in [1.54, 1.807) is 0 Å². The van der Waals surface area contributed by atoms with Gasteiger partial charge in [-0.1, -0.05) is 39.8 Å². The molecular weight excluding hydrogens is 266 g/mol. The SMILES string of the molecule is CCc1cc(C2CC(C(=O)O)CN2)c(O)c(C(C)(C)C)c1. The minimum atomic E-state index is -0.771. The van der Waals surface area contributed by atoms with Crippen molar-refractivity contribution in [3.63, 3.8) is 0 Å². The van der Waals surface area contributed by atoms with Gasteiger partial charge in [-0.3, -0.25) is 4.79 Å². The summed E-state index contributed by atoms with van der Waals surface area (Å²) in [5.41, 5.74) is 2.79. The molecule has 0 spiro atoms. The van der Waals surface area contributed by atoms with E-state index >= 15 is 0 Å². The molecule has 3 N–H and O–H groups in total. The topological polar surface area (TPSA) is 69.6 Å². The van der Waals surface area contributed by atoms with E-state index in [2.05, 4.69) is 39.1 Å². The molecule has 1 saturated heterocycles. The molecule has 4 nitrogen and oxygen atoms in total. The van der Waals surface area contributed by atoms with Crippen molar-refractivity contribution in [2.75, 3.05) is 6.54 Å². The number of aromatic hydroxyl groups is 1. The molecule has 4 heteroatoms. The Balaban J connectivity index is 2.42. The molecule has 2 atom stereocenters. The van der Waals surface area contributed by atoms with Gasteiger partial charge in [-0.2, -0.15) is 0 Å². The molecular formula is C17H25NO3. The first kappa shape index (κ1) is 15.8. The second-order valence-electron chi connectivity index (χ2n) is 6.92. The molecule has 1 fully saturated rings. The normalized spacial score (nSPS) is 22.5. The highest BCUT2D eigenvalue weighted by atomic mass is 16.4. The number of benzene rings is 1. The first-order chi connectivity index (χ1) is 9.74. The third-order valence-corrected chi connectivity index (χ3v) is 4.27. The predicted molar refractivity (Wildman–Crippen MR) is 82.7 cm³/mol. The molecule has 0 saturated carbocycles. The molecule has 1 aromatic carbocycles. The molecule has 2 unspecified atom stereocenters. The van der Waals surface area contributed by atoms with E-state index in [1.807, 2.05) is 6.07 Å². The van der Waals surface area contributed by atoms with Crippen LogP contribution < -0.4 is 5.32 Å². The summed E-state index contributed by atoms with van der Waals surface area (Å²) in [6.07, 6.45) is 1.42. The van der Waals surface area contributed by atoms with E-state index in [4.69, 9.17) is 5.11 Å². The molecule has 1 aromatic rings. The van der Waals surface area contributed by atoms with Gasteiger partial charge in [0, 0.05) is 18.2 Å². The zero-order chi connectivity index (χ0) is 15.8. The molecule has 116 valence electrons. The average molecular weight is 291 g/mol. The number of rotatable bonds is 3. The molecule has 1 aliphatic rings. The molecule has 1 heterocycles. The minimum Gasteiger partial charge on any atom is -0.507 e. The third-order valence-electron chi connectivity index (χ3n) is 4.27. The number of hydrogen-bond donors (Lipinski definition) is 3. The summed E-state index contributed by atoms with van der Waals surface area (Å²) in [6, 6.07) is 3.98. The van der Waals surface area contributed by atoms with Crippen LogP contribution >= 0.6 is 0 Å². The van der Waals surface area contributed by atoms with Gasteiger partial charge in [0.2, 0.25) is 0 Å². The van der Waals surface area contributed by atoms with Crippen molar-refractivity contribution in [1.29, 1.82) is 0 Å². The molecule has 0 bridgehead atoms. The number of phenols is 1. The Labute approximate surface area is 126 Å². The lowest BCUT2D eigenvalue weighted by Crippen LogP contribution is -2.18. The third kappa shape index (κ3) is 3.21. The maximum Gasteiger partial charge on any atom is 0.307 e. The van der Waals surface area contributed by atoms with Crippen LogP contribution in [0.2, 0.25) is 0 Å². The molecule has 0 aromatic heterocycles. The van der Waals surface area contributed by atoms with Crippen LogP contribution in [0.5, 0.6) is 5.75 Å². The van der Waals surface area contributed by atoms with Gasteiger partial charge in [0.25, 0.3) is 0 Å². The molecule has 0 amide bonds. The van der Waals surface area contributed by atoms with Gasteiger partial charge in [0.15, 0.2) is 0 Å². The maximum atomic E-state index is 11.1. The highest BCUT2D eigenvalue weighted by Gasteiger charge is 2.33. The zero-order valence-electron chi connectivity index (χ0n) is 13.2. The van der Waals surface area contributed by atoms with Gasteiger partial charge < -0.3 is 15.5 Å². The van der Waals surface area contributed by atoms with Crippen LogP contribution in [-0.2, 0) is 16.6 Å². The largest absolute Gasteiger partial charge is 0.507 e. The number of aryl methyl sites for hydroxylation is 1. The van der Waals surface area contributed by atoms with Crippen LogP contribution in [0.4, 0.5) is 0 Å². The van der Waals surface area contributed by atoms with Crippen molar-refractivity contribution in [1.82, 2.24) is 5.32 Å². The highest BCUT2D eigenvalue weighted by molar-refractivity contribution is 5.71. The van der Waals surface area contributed by atoms with Crippen molar-refractivity contribution >= 4 is 5.97 Å². The summed E-state index contributed by atoms with van der Waals surface area (Å²) in [4.78, 5) is 11.1. The van der Waals surface area contributed by atoms with Crippen molar-refractivity contribution in [3.05, 3.63) is 28.8 Å². The van der Waals surface area contributed by atoms with E-state index in [9.17, 15) is 9.90 Å². The number of phenolic OH excluding ortho intramolecular Hbond substituents is 1. The quantitative estimate of drug-likeness (QED) is 0.800. The summed E-state index contributed by atoms with van der Waals surface area (Å²) in [6.45, 7) is 8.78. The first-order valence-corrected chi connectivity index (χ1v) is 7.56. The van der Waals surface area contributed by atoms with Gasteiger partial charge in [-0.05, 0) is 29.4 Å². The fourth-order valence-corrected chi connectivity index (χ4v) is 2.92. The minimum absolute atomic E-state index is 0.0845. The van der Waals surface area contributed by atoms with Crippen LogP contribution in [0.25, 0.3) is 0 Å². The Morgan fingerprint density at radius 2 is 2.05 bits per heavy atom. The van der Waals surface area contributed by atoms with Crippen LogP contribution in [-0.4, -0.2) is 22.7 Å². The van der Waals surface area contributed by atoms with E-state index in [1.165, 1.54) is 5.56 Å². The lowest BCUT2D eigenvalue weighted by Gasteiger charge is -2.25. The molecule has 2 rings (SSSR count). The Kier molecular flexibility index (Phi) is 4.28.